The Bertz CT molecular complexity index is 1030. The molecule has 4 aliphatic rings. The number of rotatable bonds is 4. The van der Waals surface area contributed by atoms with Gasteiger partial charge < -0.3 is 29.3 Å². The van der Waals surface area contributed by atoms with Gasteiger partial charge in [0, 0.05) is 49.1 Å². The van der Waals surface area contributed by atoms with Crippen LogP contribution in [0.5, 0.6) is 5.75 Å². The number of carbonyl (C=O) groups excluding carboxylic acids is 2. The number of esters is 2. The smallest absolute Gasteiger partial charge is 0.344 e. The summed E-state index contributed by atoms with van der Waals surface area (Å²) in [7, 11) is 4.70. The molecule has 1 spiro atoms. The van der Waals surface area contributed by atoms with Crippen LogP contribution in [0.25, 0.3) is 0 Å². The normalized spacial score (nSPS) is 40.3. The van der Waals surface area contributed by atoms with Gasteiger partial charge in [0.1, 0.15) is 5.75 Å². The third-order valence-electron chi connectivity index (χ3n) is 9.03. The van der Waals surface area contributed by atoms with Gasteiger partial charge in [-0.25, -0.2) is 4.79 Å². The molecular weight excluding hydrogens is 440 g/mol. The molecule has 0 aromatic heterocycles. The van der Waals surface area contributed by atoms with Crippen molar-refractivity contribution >= 4 is 17.6 Å². The van der Waals surface area contributed by atoms with Gasteiger partial charge in [-0.15, -0.1) is 0 Å². The largest absolute Gasteiger partial charge is 0.497 e. The number of methoxy groups -OCH3 is 2. The highest BCUT2D eigenvalue weighted by Gasteiger charge is 2.81. The average Bonchev–Trinajstić information content (AvgIpc) is 3.31. The van der Waals surface area contributed by atoms with E-state index in [0.29, 0.717) is 38.1 Å². The molecule has 34 heavy (non-hydrogen) atoms. The molecule has 0 bridgehead atoms. The lowest BCUT2D eigenvalue weighted by atomic mass is 9.46. The molecule has 0 radical (unpaired) electrons. The standard InChI is InChI=1S/C25H34N2O7/c1-6-23-12-15(29)13-27-10-9-24(19(23)27)17-8-7-16(32-4)11-18(17)26(3)20(24)25(31,22(30)33-5)21(23)34-14(2)28/h7-8,11,15,19-21,29,31H,6,9-10,12-13H2,1-5H3/t15-,19-,20+,21+,23+,24+,25-/m0/s1. The van der Waals surface area contributed by atoms with E-state index in [1.54, 1.807) is 7.11 Å². The van der Waals surface area contributed by atoms with Crippen molar-refractivity contribution in [2.24, 2.45) is 5.41 Å². The van der Waals surface area contributed by atoms with Crippen LogP contribution in [0, 0.1) is 5.41 Å². The van der Waals surface area contributed by atoms with Crippen LogP contribution < -0.4 is 9.64 Å². The highest BCUT2D eigenvalue weighted by atomic mass is 16.6. The van der Waals surface area contributed by atoms with Gasteiger partial charge in [0.25, 0.3) is 0 Å². The highest BCUT2D eigenvalue weighted by Crippen LogP contribution is 2.68. The molecular formula is C25H34N2O7. The minimum absolute atomic E-state index is 0.148. The van der Waals surface area contributed by atoms with E-state index in [4.69, 9.17) is 14.2 Å². The summed E-state index contributed by atoms with van der Waals surface area (Å²) in [5.41, 5.74) is -1.74. The first kappa shape index (κ1) is 23.4. The molecule has 3 aliphatic heterocycles. The molecule has 7 atom stereocenters. The van der Waals surface area contributed by atoms with E-state index < -0.39 is 46.6 Å². The predicted octanol–water partition coefficient (Wildman–Crippen LogP) is 0.836. The molecule has 0 amide bonds. The summed E-state index contributed by atoms with van der Waals surface area (Å²) >= 11 is 0. The van der Waals surface area contributed by atoms with Gasteiger partial charge in [-0.3, -0.25) is 9.69 Å². The molecule has 2 N–H and O–H groups in total. The van der Waals surface area contributed by atoms with Gasteiger partial charge in [-0.05, 0) is 37.4 Å². The first-order valence-corrected chi connectivity index (χ1v) is 11.9. The summed E-state index contributed by atoms with van der Waals surface area (Å²) in [4.78, 5) is 30.1. The van der Waals surface area contributed by atoms with Crippen LogP contribution >= 0.6 is 0 Å². The van der Waals surface area contributed by atoms with Crippen LogP contribution in [0.3, 0.4) is 0 Å². The quantitative estimate of drug-likeness (QED) is 0.614. The highest BCUT2D eigenvalue weighted by molar-refractivity contribution is 5.86. The summed E-state index contributed by atoms with van der Waals surface area (Å²) in [5.74, 6) is -0.744. The number of ether oxygens (including phenoxy) is 3. The Hall–Kier alpha value is -2.36. The fourth-order valence-electron chi connectivity index (χ4n) is 8.20. The lowest BCUT2D eigenvalue weighted by Crippen LogP contribution is -2.82. The number of aliphatic hydroxyl groups excluding tert-OH is 1. The number of aliphatic hydroxyl groups is 2. The number of hydrogen-bond donors (Lipinski definition) is 2. The second-order valence-corrected chi connectivity index (χ2v) is 10.3. The number of piperidine rings is 1. The third-order valence-corrected chi connectivity index (χ3v) is 9.03. The molecule has 3 heterocycles. The first-order valence-electron chi connectivity index (χ1n) is 11.9. The Morgan fingerprint density at radius 2 is 1.97 bits per heavy atom. The number of nitrogens with zero attached hydrogens (tertiary/aromatic N) is 2. The molecule has 0 unspecified atom stereocenters. The van der Waals surface area contributed by atoms with E-state index in [1.165, 1.54) is 14.0 Å². The zero-order chi connectivity index (χ0) is 24.6. The van der Waals surface area contributed by atoms with Crippen molar-refractivity contribution in [1.82, 2.24) is 4.90 Å². The molecule has 2 saturated heterocycles. The average molecular weight is 475 g/mol. The summed E-state index contributed by atoms with van der Waals surface area (Å²) in [6, 6.07) is 4.99. The second kappa shape index (κ2) is 7.57. The van der Waals surface area contributed by atoms with Crippen molar-refractivity contribution < 1.29 is 34.0 Å². The number of carbonyl (C=O) groups is 2. The predicted molar refractivity (Wildman–Crippen MR) is 123 cm³/mol. The summed E-state index contributed by atoms with van der Waals surface area (Å²) in [6.07, 6.45) is -0.353. The number of likely N-dealkylation sites (N-methyl/N-ethyl adjacent to an activating group) is 1. The number of fused-ring (bicyclic) bond motifs is 1. The number of anilines is 1. The zero-order valence-electron chi connectivity index (χ0n) is 20.4. The van der Waals surface area contributed by atoms with E-state index in [1.807, 2.05) is 37.1 Å². The van der Waals surface area contributed by atoms with E-state index in [2.05, 4.69) is 4.90 Å². The van der Waals surface area contributed by atoms with Gasteiger partial charge in [0.2, 0.25) is 5.60 Å². The lowest BCUT2D eigenvalue weighted by molar-refractivity contribution is -0.249. The SMILES string of the molecule is CC[C@]12C[C@H](O)CN3CC[C@@]4(c5ccc(OC)cc5N(C)[C@H]4[C@@](O)(C(=O)OC)[C@@H]1OC(C)=O)[C@@H]32. The van der Waals surface area contributed by atoms with E-state index >= 15 is 0 Å². The van der Waals surface area contributed by atoms with Gasteiger partial charge >= 0.3 is 11.9 Å². The molecule has 9 nitrogen and oxygen atoms in total. The van der Waals surface area contributed by atoms with Crippen LogP contribution in [0.15, 0.2) is 18.2 Å². The molecule has 1 aromatic rings. The Morgan fingerprint density at radius 1 is 1.24 bits per heavy atom. The minimum Gasteiger partial charge on any atom is -0.497 e. The molecule has 3 fully saturated rings. The van der Waals surface area contributed by atoms with Crippen LogP contribution in [-0.4, -0.2) is 91.3 Å². The maximum absolute atomic E-state index is 13.5. The molecule has 9 heteroatoms. The summed E-state index contributed by atoms with van der Waals surface area (Å²) in [6.45, 7) is 4.46. The number of benzene rings is 1. The molecule has 1 saturated carbocycles. The van der Waals surface area contributed by atoms with Gasteiger partial charge in [0.15, 0.2) is 6.10 Å². The second-order valence-electron chi connectivity index (χ2n) is 10.3. The molecule has 186 valence electrons. The van der Waals surface area contributed by atoms with Gasteiger partial charge in [0.05, 0.1) is 26.4 Å². The lowest BCUT2D eigenvalue weighted by Gasteiger charge is -2.65. The first-order chi connectivity index (χ1) is 16.1. The maximum Gasteiger partial charge on any atom is 0.344 e. The van der Waals surface area contributed by atoms with Crippen molar-refractivity contribution in [1.29, 1.82) is 0 Å². The van der Waals surface area contributed by atoms with Crippen molar-refractivity contribution in [3.05, 3.63) is 23.8 Å². The monoisotopic (exact) mass is 474 g/mol. The van der Waals surface area contributed by atoms with E-state index in [-0.39, 0.29) is 6.04 Å². The van der Waals surface area contributed by atoms with Crippen molar-refractivity contribution in [3.8, 4) is 5.75 Å². The zero-order valence-corrected chi connectivity index (χ0v) is 20.4. The maximum atomic E-state index is 13.5. The van der Waals surface area contributed by atoms with Crippen LogP contribution in [0.1, 0.15) is 38.7 Å². The molecule has 5 rings (SSSR count). The fraction of sp³-hybridized carbons (Fsp3) is 0.680. The number of hydrogen-bond acceptors (Lipinski definition) is 9. The van der Waals surface area contributed by atoms with E-state index in [9.17, 15) is 19.8 Å². The summed E-state index contributed by atoms with van der Waals surface area (Å²) in [5, 5.41) is 23.4. The molecule has 1 aliphatic carbocycles. The van der Waals surface area contributed by atoms with Crippen molar-refractivity contribution in [3.63, 3.8) is 0 Å². The van der Waals surface area contributed by atoms with Gasteiger partial charge in [-0.2, -0.15) is 0 Å². The van der Waals surface area contributed by atoms with Crippen LogP contribution in [0.2, 0.25) is 0 Å². The van der Waals surface area contributed by atoms with Crippen molar-refractivity contribution in [2.45, 2.75) is 68.4 Å². The Balaban J connectivity index is 1.85. The topological polar surface area (TPSA) is 109 Å². The van der Waals surface area contributed by atoms with Crippen LogP contribution in [0.4, 0.5) is 5.69 Å². The Morgan fingerprint density at radius 3 is 2.59 bits per heavy atom. The van der Waals surface area contributed by atoms with Gasteiger partial charge in [-0.1, -0.05) is 13.0 Å². The third kappa shape index (κ3) is 2.60. The van der Waals surface area contributed by atoms with E-state index in [0.717, 1.165) is 11.3 Å². The van der Waals surface area contributed by atoms with Crippen LogP contribution in [-0.2, 0) is 24.5 Å². The van der Waals surface area contributed by atoms with Crippen molar-refractivity contribution in [2.75, 3.05) is 39.3 Å². The summed E-state index contributed by atoms with van der Waals surface area (Å²) < 4.78 is 16.6. The minimum atomic E-state index is -2.15. The Kier molecular flexibility index (Phi) is 5.21. The fourth-order valence-corrected chi connectivity index (χ4v) is 8.20. The molecule has 1 aromatic carbocycles. The Labute approximate surface area is 199 Å².